The lowest BCUT2D eigenvalue weighted by atomic mass is 10.1. The van der Waals surface area contributed by atoms with Crippen molar-refractivity contribution < 1.29 is 0 Å². The normalized spacial score (nSPS) is 12.2. The molecule has 0 N–H and O–H groups in total. The van der Waals surface area contributed by atoms with Gasteiger partial charge >= 0.3 is 0 Å². The van der Waals surface area contributed by atoms with Gasteiger partial charge < -0.3 is 9.47 Å². The van der Waals surface area contributed by atoms with Gasteiger partial charge in [0.05, 0.1) is 10.6 Å². The summed E-state index contributed by atoms with van der Waals surface area (Å²) in [7, 11) is 1.69. The number of nitriles is 1. The van der Waals surface area contributed by atoms with Crippen LogP contribution in [0.5, 0.6) is 0 Å². The smallest absolute Gasteiger partial charge is 0.268 e. The minimum atomic E-state index is -0.0789. The molecule has 3 rings (SSSR count). The van der Waals surface area contributed by atoms with Crippen LogP contribution in [0.4, 0.5) is 5.69 Å². The van der Waals surface area contributed by atoms with E-state index in [4.69, 9.17) is 5.26 Å². The largest absolute Gasteiger partial charge is 0.367 e. The molecule has 0 aliphatic carbocycles. The first kappa shape index (κ1) is 18.7. The summed E-state index contributed by atoms with van der Waals surface area (Å²) in [6.45, 7) is 3.92. The first-order chi connectivity index (χ1) is 13.1. The molecule has 0 fully saturated rings. The summed E-state index contributed by atoms with van der Waals surface area (Å²) >= 11 is 1.33. The second-order valence-corrected chi connectivity index (χ2v) is 7.24. The van der Waals surface area contributed by atoms with Crippen molar-refractivity contribution >= 4 is 29.2 Å². The fraction of sp³-hybridized carbons (Fsp3) is 0.182. The third-order valence-electron chi connectivity index (χ3n) is 4.40. The van der Waals surface area contributed by atoms with E-state index in [9.17, 15) is 4.79 Å². The van der Waals surface area contributed by atoms with Gasteiger partial charge in [-0.1, -0.05) is 42.5 Å². The molecule has 5 heteroatoms. The SMILES string of the molecule is CCN(Cc1ccccc1)c1ccc(/C=c2\s/c(=C\C#N)n(C)c2=O)cc1. The van der Waals surface area contributed by atoms with Crippen LogP contribution in [0.1, 0.15) is 18.1 Å². The Morgan fingerprint density at radius 2 is 1.85 bits per heavy atom. The first-order valence-corrected chi connectivity index (χ1v) is 9.60. The lowest BCUT2D eigenvalue weighted by Gasteiger charge is -2.23. The van der Waals surface area contributed by atoms with Crippen molar-refractivity contribution in [2.24, 2.45) is 7.05 Å². The molecule has 2 aromatic carbocycles. The van der Waals surface area contributed by atoms with Crippen molar-refractivity contribution in [1.29, 1.82) is 5.26 Å². The molecular formula is C22H21N3OS. The molecule has 0 bridgehead atoms. The summed E-state index contributed by atoms with van der Waals surface area (Å²) in [5.41, 5.74) is 3.32. The Hall–Kier alpha value is -3.10. The van der Waals surface area contributed by atoms with Crippen LogP contribution in [-0.4, -0.2) is 11.1 Å². The summed E-state index contributed by atoms with van der Waals surface area (Å²) < 4.78 is 2.79. The number of aromatic nitrogens is 1. The molecule has 0 aliphatic rings. The van der Waals surface area contributed by atoms with Gasteiger partial charge in [-0.15, -0.1) is 11.3 Å². The first-order valence-electron chi connectivity index (χ1n) is 8.78. The third-order valence-corrected chi connectivity index (χ3v) is 5.52. The number of anilines is 1. The summed E-state index contributed by atoms with van der Waals surface area (Å²) in [6.07, 6.45) is 3.27. The van der Waals surface area contributed by atoms with E-state index < -0.39 is 0 Å². The highest BCUT2D eigenvalue weighted by Crippen LogP contribution is 2.18. The van der Waals surface area contributed by atoms with Crippen molar-refractivity contribution in [1.82, 2.24) is 4.57 Å². The number of rotatable bonds is 5. The summed E-state index contributed by atoms with van der Waals surface area (Å²) in [5.74, 6) is 0. The highest BCUT2D eigenvalue weighted by molar-refractivity contribution is 7.07. The molecule has 136 valence electrons. The molecule has 0 saturated carbocycles. The van der Waals surface area contributed by atoms with Crippen molar-refractivity contribution in [3.05, 3.63) is 85.3 Å². The minimum absolute atomic E-state index is 0.0789. The maximum atomic E-state index is 12.3. The highest BCUT2D eigenvalue weighted by atomic mass is 32.1. The van der Waals surface area contributed by atoms with Crippen LogP contribution >= 0.6 is 11.3 Å². The van der Waals surface area contributed by atoms with Crippen LogP contribution in [0.3, 0.4) is 0 Å². The molecule has 27 heavy (non-hydrogen) atoms. The average molecular weight is 375 g/mol. The molecule has 3 aromatic rings. The van der Waals surface area contributed by atoms with Gasteiger partial charge in [-0.2, -0.15) is 5.26 Å². The van der Waals surface area contributed by atoms with Crippen molar-refractivity contribution in [2.75, 3.05) is 11.4 Å². The van der Waals surface area contributed by atoms with Crippen LogP contribution in [0.15, 0.2) is 59.4 Å². The van der Waals surface area contributed by atoms with Gasteiger partial charge in [-0.3, -0.25) is 4.79 Å². The fourth-order valence-corrected chi connectivity index (χ4v) is 3.86. The van der Waals surface area contributed by atoms with Crippen molar-refractivity contribution in [2.45, 2.75) is 13.5 Å². The second kappa shape index (κ2) is 8.52. The lowest BCUT2D eigenvalue weighted by molar-refractivity contribution is 0.832. The zero-order valence-corrected chi connectivity index (χ0v) is 16.2. The van der Waals surface area contributed by atoms with Gasteiger partial charge in [0, 0.05) is 31.9 Å². The maximum Gasteiger partial charge on any atom is 0.268 e. The zero-order valence-electron chi connectivity index (χ0n) is 15.4. The predicted molar refractivity (Wildman–Crippen MR) is 112 cm³/mol. The molecule has 4 nitrogen and oxygen atoms in total. The molecule has 0 radical (unpaired) electrons. The van der Waals surface area contributed by atoms with Gasteiger partial charge in [0.25, 0.3) is 5.56 Å². The molecule has 0 spiro atoms. The molecule has 0 amide bonds. The van der Waals surface area contributed by atoms with E-state index in [1.807, 2.05) is 30.3 Å². The highest BCUT2D eigenvalue weighted by Gasteiger charge is 2.05. The zero-order chi connectivity index (χ0) is 19.2. The molecule has 0 atom stereocenters. The predicted octanol–water partition coefficient (Wildman–Crippen LogP) is 2.61. The van der Waals surface area contributed by atoms with E-state index in [2.05, 4.69) is 48.2 Å². The van der Waals surface area contributed by atoms with Crippen molar-refractivity contribution in [3.8, 4) is 6.07 Å². The molecule has 1 heterocycles. The standard InChI is InChI=1S/C22H21N3OS/c1-3-25(16-18-7-5-4-6-8-18)19-11-9-17(10-12-19)15-20-22(26)24(2)21(27-20)13-14-23/h4-13,15H,3,16H2,1-2H3/b20-15-,21-13-. The Kier molecular flexibility index (Phi) is 5.90. The average Bonchev–Trinajstić information content (AvgIpc) is 2.96. The van der Waals surface area contributed by atoms with E-state index in [1.165, 1.54) is 27.5 Å². The monoisotopic (exact) mass is 375 g/mol. The topological polar surface area (TPSA) is 49.0 Å². The van der Waals surface area contributed by atoms with Gasteiger partial charge in [0.1, 0.15) is 4.66 Å². The van der Waals surface area contributed by atoms with Crippen LogP contribution < -0.4 is 19.7 Å². The van der Waals surface area contributed by atoms with E-state index >= 15 is 0 Å². The van der Waals surface area contributed by atoms with Gasteiger partial charge in [0.2, 0.25) is 0 Å². The molecule has 0 saturated heterocycles. The van der Waals surface area contributed by atoms with E-state index in [0.29, 0.717) is 9.20 Å². The molecule has 1 aromatic heterocycles. The molecule has 0 unspecified atom stereocenters. The Labute approximate surface area is 162 Å². The number of thiazole rings is 1. The summed E-state index contributed by atoms with van der Waals surface area (Å²) in [5, 5.41) is 8.82. The van der Waals surface area contributed by atoms with E-state index in [0.717, 1.165) is 24.3 Å². The molecule has 0 aliphatic heterocycles. The Balaban J connectivity index is 1.87. The van der Waals surface area contributed by atoms with Crippen LogP contribution in [0.2, 0.25) is 0 Å². The summed E-state index contributed by atoms with van der Waals surface area (Å²) in [4.78, 5) is 14.6. The van der Waals surface area contributed by atoms with Gasteiger partial charge in [-0.05, 0) is 36.3 Å². The van der Waals surface area contributed by atoms with E-state index in [1.54, 1.807) is 7.05 Å². The minimum Gasteiger partial charge on any atom is -0.367 e. The maximum absolute atomic E-state index is 12.3. The van der Waals surface area contributed by atoms with Gasteiger partial charge in [0.15, 0.2) is 0 Å². The Morgan fingerprint density at radius 3 is 2.48 bits per heavy atom. The van der Waals surface area contributed by atoms with Crippen LogP contribution in [0, 0.1) is 11.3 Å². The van der Waals surface area contributed by atoms with Crippen LogP contribution in [-0.2, 0) is 13.6 Å². The number of hydrogen-bond acceptors (Lipinski definition) is 4. The number of benzene rings is 2. The lowest BCUT2D eigenvalue weighted by Crippen LogP contribution is -2.28. The number of hydrogen-bond donors (Lipinski definition) is 0. The Bertz CT molecular complexity index is 1120. The third kappa shape index (κ3) is 4.36. The van der Waals surface area contributed by atoms with Gasteiger partial charge in [-0.25, -0.2) is 0 Å². The second-order valence-electron chi connectivity index (χ2n) is 6.18. The number of nitrogens with zero attached hydrogens (tertiary/aromatic N) is 3. The van der Waals surface area contributed by atoms with E-state index in [-0.39, 0.29) is 5.56 Å². The Morgan fingerprint density at radius 1 is 1.15 bits per heavy atom. The molecular weight excluding hydrogens is 354 g/mol. The van der Waals surface area contributed by atoms with Crippen LogP contribution in [0.25, 0.3) is 12.2 Å². The fourth-order valence-electron chi connectivity index (χ4n) is 2.89. The summed E-state index contributed by atoms with van der Waals surface area (Å²) in [6, 6.07) is 20.6. The quantitative estimate of drug-likeness (QED) is 0.689. The van der Waals surface area contributed by atoms with Crippen molar-refractivity contribution in [3.63, 3.8) is 0 Å².